The number of anilines is 2. The first-order chi connectivity index (χ1) is 9.83. The van der Waals surface area contributed by atoms with Crippen molar-refractivity contribution in [1.82, 2.24) is 15.5 Å². The fraction of sp³-hybridized carbons (Fsp3) is 0.467. The molecule has 1 aliphatic carbocycles. The molecule has 0 spiro atoms. The van der Waals surface area contributed by atoms with E-state index in [-0.39, 0.29) is 0 Å². The number of hydrogen-bond donors (Lipinski definition) is 2. The first-order valence-corrected chi connectivity index (χ1v) is 7.25. The van der Waals surface area contributed by atoms with Crippen molar-refractivity contribution >= 4 is 11.7 Å². The van der Waals surface area contributed by atoms with E-state index < -0.39 is 0 Å². The number of nitrogens with one attached hydrogen (secondary N) is 2. The number of aromatic nitrogens is 2. The molecule has 0 bridgehead atoms. The predicted octanol–water partition coefficient (Wildman–Crippen LogP) is 3.02. The van der Waals surface area contributed by atoms with Crippen LogP contribution >= 0.6 is 0 Å². The molecule has 0 unspecified atom stereocenters. The van der Waals surface area contributed by atoms with Gasteiger partial charge in [0.1, 0.15) is 0 Å². The Morgan fingerprint density at radius 2 is 2.00 bits per heavy atom. The standard InChI is InChI=1S/C15H20N4O/c1-2-3-11-4-6-13(7-5-11)17-15-19-18-14(20-15)10-16-12-8-9-12/h4-7,12,16H,2-3,8-10H2,1H3,(H,17,19). The van der Waals surface area contributed by atoms with Crippen molar-refractivity contribution in [3.8, 4) is 0 Å². The number of nitrogens with zero attached hydrogens (tertiary/aromatic N) is 2. The van der Waals surface area contributed by atoms with Crippen molar-refractivity contribution in [1.29, 1.82) is 0 Å². The smallest absolute Gasteiger partial charge is 0.320 e. The lowest BCUT2D eigenvalue weighted by Gasteiger charge is -2.03. The molecule has 1 aromatic heterocycles. The lowest BCUT2D eigenvalue weighted by atomic mass is 10.1. The van der Waals surface area contributed by atoms with Gasteiger partial charge in [0.05, 0.1) is 6.54 Å². The topological polar surface area (TPSA) is 63.0 Å². The monoisotopic (exact) mass is 272 g/mol. The van der Waals surface area contributed by atoms with E-state index in [9.17, 15) is 0 Å². The minimum absolute atomic E-state index is 0.445. The number of rotatable bonds is 7. The van der Waals surface area contributed by atoms with Gasteiger partial charge in [-0.15, -0.1) is 5.10 Å². The highest BCUT2D eigenvalue weighted by molar-refractivity contribution is 5.52. The van der Waals surface area contributed by atoms with Crippen LogP contribution in [0.1, 0.15) is 37.6 Å². The Morgan fingerprint density at radius 3 is 2.70 bits per heavy atom. The largest absolute Gasteiger partial charge is 0.406 e. The molecule has 1 heterocycles. The van der Waals surface area contributed by atoms with Crippen molar-refractivity contribution in [2.24, 2.45) is 0 Å². The van der Waals surface area contributed by atoms with Crippen LogP contribution in [-0.4, -0.2) is 16.2 Å². The van der Waals surface area contributed by atoms with E-state index in [2.05, 4.69) is 39.9 Å². The summed E-state index contributed by atoms with van der Waals surface area (Å²) < 4.78 is 5.55. The van der Waals surface area contributed by atoms with E-state index in [0.717, 1.165) is 18.5 Å². The van der Waals surface area contributed by atoms with Crippen molar-refractivity contribution in [2.75, 3.05) is 5.32 Å². The highest BCUT2D eigenvalue weighted by atomic mass is 16.4. The second-order valence-corrected chi connectivity index (χ2v) is 5.23. The summed E-state index contributed by atoms with van der Waals surface area (Å²) in [7, 11) is 0. The van der Waals surface area contributed by atoms with Crippen LogP contribution in [0.2, 0.25) is 0 Å². The molecule has 1 aromatic carbocycles. The fourth-order valence-corrected chi connectivity index (χ4v) is 2.06. The van der Waals surface area contributed by atoms with Crippen LogP contribution < -0.4 is 10.6 Å². The van der Waals surface area contributed by atoms with Crippen LogP contribution in [0.5, 0.6) is 0 Å². The van der Waals surface area contributed by atoms with Crippen LogP contribution in [-0.2, 0) is 13.0 Å². The molecular formula is C15H20N4O. The van der Waals surface area contributed by atoms with Crippen molar-refractivity contribution in [3.63, 3.8) is 0 Å². The molecule has 2 aromatic rings. The molecule has 20 heavy (non-hydrogen) atoms. The zero-order chi connectivity index (χ0) is 13.8. The molecule has 0 saturated heterocycles. The molecule has 0 radical (unpaired) electrons. The van der Waals surface area contributed by atoms with E-state index in [1.807, 2.05) is 12.1 Å². The average molecular weight is 272 g/mol. The third kappa shape index (κ3) is 3.57. The van der Waals surface area contributed by atoms with Gasteiger partial charge in [-0.25, -0.2) is 0 Å². The number of aryl methyl sites for hydroxylation is 1. The van der Waals surface area contributed by atoms with Gasteiger partial charge >= 0.3 is 6.01 Å². The molecule has 0 amide bonds. The van der Waals surface area contributed by atoms with Gasteiger partial charge in [0.25, 0.3) is 0 Å². The lowest BCUT2D eigenvalue weighted by molar-refractivity contribution is 0.478. The van der Waals surface area contributed by atoms with Gasteiger partial charge in [-0.05, 0) is 37.0 Å². The second-order valence-electron chi connectivity index (χ2n) is 5.23. The van der Waals surface area contributed by atoms with Gasteiger partial charge in [0.2, 0.25) is 5.89 Å². The molecule has 1 saturated carbocycles. The van der Waals surface area contributed by atoms with Crippen LogP contribution in [0.25, 0.3) is 0 Å². The zero-order valence-corrected chi connectivity index (χ0v) is 11.7. The van der Waals surface area contributed by atoms with Crippen LogP contribution in [0.3, 0.4) is 0 Å². The third-order valence-corrected chi connectivity index (χ3v) is 3.33. The summed E-state index contributed by atoms with van der Waals surface area (Å²) in [5, 5.41) is 14.5. The minimum Gasteiger partial charge on any atom is -0.406 e. The first kappa shape index (κ1) is 13.1. The molecule has 1 fully saturated rings. The SMILES string of the molecule is CCCc1ccc(Nc2nnc(CNC3CC3)o2)cc1. The molecule has 106 valence electrons. The van der Waals surface area contributed by atoms with E-state index in [0.29, 0.717) is 24.5 Å². The molecule has 3 rings (SSSR count). The van der Waals surface area contributed by atoms with Crippen LogP contribution in [0, 0.1) is 0 Å². The highest BCUT2D eigenvalue weighted by Gasteiger charge is 2.21. The third-order valence-electron chi connectivity index (χ3n) is 3.33. The lowest BCUT2D eigenvalue weighted by Crippen LogP contribution is -2.15. The zero-order valence-electron chi connectivity index (χ0n) is 11.7. The van der Waals surface area contributed by atoms with Crippen LogP contribution in [0.4, 0.5) is 11.7 Å². The predicted molar refractivity (Wildman–Crippen MR) is 77.9 cm³/mol. The highest BCUT2D eigenvalue weighted by Crippen LogP contribution is 2.20. The van der Waals surface area contributed by atoms with Crippen molar-refractivity contribution < 1.29 is 4.42 Å². The van der Waals surface area contributed by atoms with Gasteiger partial charge in [0, 0.05) is 11.7 Å². The maximum absolute atomic E-state index is 5.55. The molecule has 5 heteroatoms. The maximum atomic E-state index is 5.55. The molecule has 1 aliphatic rings. The summed E-state index contributed by atoms with van der Waals surface area (Å²) in [6.07, 6.45) is 4.78. The Balaban J connectivity index is 1.56. The Labute approximate surface area is 118 Å². The summed E-state index contributed by atoms with van der Waals surface area (Å²) in [6, 6.07) is 9.41. The number of benzene rings is 1. The summed E-state index contributed by atoms with van der Waals surface area (Å²) in [5.41, 5.74) is 2.31. The van der Waals surface area contributed by atoms with Gasteiger partial charge < -0.3 is 15.1 Å². The normalized spacial score (nSPS) is 14.4. The molecule has 0 aliphatic heterocycles. The van der Waals surface area contributed by atoms with E-state index >= 15 is 0 Å². The minimum atomic E-state index is 0.445. The molecule has 0 atom stereocenters. The fourth-order valence-electron chi connectivity index (χ4n) is 2.06. The summed E-state index contributed by atoms with van der Waals surface area (Å²) in [5.74, 6) is 0.627. The van der Waals surface area contributed by atoms with Crippen molar-refractivity contribution in [2.45, 2.75) is 45.2 Å². The average Bonchev–Trinajstić information content (AvgIpc) is 3.19. The summed E-state index contributed by atoms with van der Waals surface area (Å²) in [6.45, 7) is 2.83. The summed E-state index contributed by atoms with van der Waals surface area (Å²) in [4.78, 5) is 0. The van der Waals surface area contributed by atoms with Gasteiger partial charge in [-0.2, -0.15) is 0 Å². The Morgan fingerprint density at radius 1 is 1.20 bits per heavy atom. The quantitative estimate of drug-likeness (QED) is 0.811. The Bertz CT molecular complexity index is 545. The van der Waals surface area contributed by atoms with Gasteiger partial charge in [0.15, 0.2) is 0 Å². The molecular weight excluding hydrogens is 252 g/mol. The van der Waals surface area contributed by atoms with Gasteiger partial charge in [-0.1, -0.05) is 30.6 Å². The second kappa shape index (κ2) is 6.05. The molecule has 2 N–H and O–H groups in total. The molecule has 5 nitrogen and oxygen atoms in total. The van der Waals surface area contributed by atoms with Crippen molar-refractivity contribution in [3.05, 3.63) is 35.7 Å². The summed E-state index contributed by atoms with van der Waals surface area (Å²) >= 11 is 0. The van der Waals surface area contributed by atoms with E-state index in [1.54, 1.807) is 0 Å². The first-order valence-electron chi connectivity index (χ1n) is 7.25. The Kier molecular flexibility index (Phi) is 3.97. The maximum Gasteiger partial charge on any atom is 0.320 e. The Hall–Kier alpha value is -1.88. The number of hydrogen-bond acceptors (Lipinski definition) is 5. The van der Waals surface area contributed by atoms with Crippen LogP contribution in [0.15, 0.2) is 28.7 Å². The van der Waals surface area contributed by atoms with E-state index in [4.69, 9.17) is 4.42 Å². The van der Waals surface area contributed by atoms with E-state index in [1.165, 1.54) is 18.4 Å². The van der Waals surface area contributed by atoms with Gasteiger partial charge in [-0.3, -0.25) is 0 Å².